The molecule has 0 bridgehead atoms. The molecule has 0 aromatic heterocycles. The van der Waals surface area contributed by atoms with E-state index in [0.29, 0.717) is 12.0 Å². The predicted octanol–water partition coefficient (Wildman–Crippen LogP) is 6.26. The molecule has 1 aliphatic heterocycles. The first-order chi connectivity index (χ1) is 15.2. The fourth-order valence-electron chi connectivity index (χ4n) is 5.34. The molecule has 0 N–H and O–H groups in total. The van der Waals surface area contributed by atoms with Crippen LogP contribution < -0.4 is 0 Å². The smallest absolute Gasteiger partial charge is 0.0804 e. The molecule has 2 aliphatic rings. The monoisotopic (exact) mass is 415 g/mol. The highest BCUT2D eigenvalue weighted by Gasteiger charge is 2.43. The topological polar surface area (TPSA) is 18.8 Å². The van der Waals surface area contributed by atoms with Gasteiger partial charge in [-0.3, -0.25) is 5.01 Å². The van der Waals surface area contributed by atoms with E-state index in [9.17, 15) is 0 Å². The number of hydrazone groups is 1. The summed E-state index contributed by atoms with van der Waals surface area (Å²) in [6, 6.07) is 22.2. The quantitative estimate of drug-likeness (QED) is 0.507. The lowest BCUT2D eigenvalue weighted by Crippen LogP contribution is -2.32. The van der Waals surface area contributed by atoms with Crippen LogP contribution in [0, 0.1) is 11.8 Å². The lowest BCUT2D eigenvalue weighted by molar-refractivity contribution is 0.178. The average molecular weight is 416 g/mol. The lowest BCUT2D eigenvalue weighted by Gasteiger charge is -2.34. The molecular formula is C28H37N3. The number of benzene rings is 2. The number of fused-ring (bicyclic) bond motifs is 1. The van der Waals surface area contributed by atoms with E-state index in [0.717, 1.165) is 31.8 Å². The number of allylic oxidation sites excluding steroid dienone is 1. The third-order valence-corrected chi connectivity index (χ3v) is 6.69. The van der Waals surface area contributed by atoms with Crippen LogP contribution in [0.1, 0.15) is 56.2 Å². The van der Waals surface area contributed by atoms with Gasteiger partial charge in [-0.25, -0.2) is 0 Å². The highest BCUT2D eigenvalue weighted by atomic mass is 15.5. The van der Waals surface area contributed by atoms with Crippen LogP contribution in [0.25, 0.3) is 6.08 Å². The molecule has 3 nitrogen and oxygen atoms in total. The molecule has 0 amide bonds. The Morgan fingerprint density at radius 2 is 1.74 bits per heavy atom. The Morgan fingerprint density at radius 1 is 1.03 bits per heavy atom. The zero-order valence-corrected chi connectivity index (χ0v) is 19.4. The Labute approximate surface area is 188 Å². The summed E-state index contributed by atoms with van der Waals surface area (Å²) in [6.45, 7) is 4.43. The van der Waals surface area contributed by atoms with Crippen LogP contribution in [0.3, 0.4) is 0 Å². The molecule has 2 aromatic carbocycles. The third kappa shape index (κ3) is 5.27. The number of hydrogen-bond donors (Lipinski definition) is 0. The van der Waals surface area contributed by atoms with Gasteiger partial charge in [0.2, 0.25) is 0 Å². The van der Waals surface area contributed by atoms with Gasteiger partial charge < -0.3 is 4.90 Å². The molecule has 0 radical (unpaired) electrons. The maximum Gasteiger partial charge on any atom is 0.0804 e. The summed E-state index contributed by atoms with van der Waals surface area (Å²) in [5.74, 6) is 1.24. The highest BCUT2D eigenvalue weighted by molar-refractivity contribution is 6.07. The van der Waals surface area contributed by atoms with Crippen molar-refractivity contribution in [2.24, 2.45) is 16.9 Å². The Hall–Kier alpha value is -2.39. The Kier molecular flexibility index (Phi) is 7.24. The van der Waals surface area contributed by atoms with Gasteiger partial charge in [0.25, 0.3) is 0 Å². The van der Waals surface area contributed by atoms with Gasteiger partial charge in [0.1, 0.15) is 0 Å². The van der Waals surface area contributed by atoms with Gasteiger partial charge in [0.15, 0.2) is 0 Å². The van der Waals surface area contributed by atoms with Gasteiger partial charge in [-0.15, -0.1) is 0 Å². The molecule has 31 heavy (non-hydrogen) atoms. The molecule has 1 heterocycles. The third-order valence-electron chi connectivity index (χ3n) is 6.69. The summed E-state index contributed by atoms with van der Waals surface area (Å²) in [5.41, 5.74) is 5.50. The van der Waals surface area contributed by atoms with E-state index in [1.807, 2.05) is 0 Å². The van der Waals surface area contributed by atoms with Crippen LogP contribution in [-0.4, -0.2) is 42.8 Å². The van der Waals surface area contributed by atoms with Crippen molar-refractivity contribution in [3.8, 4) is 0 Å². The van der Waals surface area contributed by atoms with E-state index < -0.39 is 0 Å². The number of hydrogen-bond acceptors (Lipinski definition) is 3. The molecular weight excluding hydrogens is 378 g/mol. The molecule has 1 aliphatic carbocycles. The van der Waals surface area contributed by atoms with E-state index in [1.165, 1.54) is 41.7 Å². The largest absolute Gasteiger partial charge is 0.309 e. The molecule has 4 rings (SSSR count). The van der Waals surface area contributed by atoms with Crippen molar-refractivity contribution in [3.63, 3.8) is 0 Å². The van der Waals surface area contributed by atoms with Crippen molar-refractivity contribution in [1.29, 1.82) is 0 Å². The maximum atomic E-state index is 5.30. The molecule has 0 spiro atoms. The van der Waals surface area contributed by atoms with Crippen molar-refractivity contribution in [3.05, 3.63) is 77.4 Å². The fourth-order valence-corrected chi connectivity index (χ4v) is 5.34. The van der Waals surface area contributed by atoms with Crippen LogP contribution in [-0.2, 0) is 0 Å². The van der Waals surface area contributed by atoms with Crippen molar-refractivity contribution in [2.45, 2.75) is 45.1 Å². The van der Waals surface area contributed by atoms with E-state index >= 15 is 0 Å². The number of nitrogens with zero attached hydrogens (tertiary/aromatic N) is 3. The molecule has 2 aromatic rings. The SMILES string of the molecule is CCCC1CC(=Cc2ccccc2)C2=NN(CCCN(C)C)C(c3ccccc3)C2C1. The Balaban J connectivity index is 1.69. The molecule has 164 valence electrons. The van der Waals surface area contributed by atoms with E-state index in [-0.39, 0.29) is 0 Å². The maximum absolute atomic E-state index is 5.30. The molecule has 3 unspecified atom stereocenters. The molecule has 3 heteroatoms. The summed E-state index contributed by atoms with van der Waals surface area (Å²) in [6.07, 6.45) is 8.51. The van der Waals surface area contributed by atoms with Crippen LogP contribution in [0.4, 0.5) is 0 Å². The van der Waals surface area contributed by atoms with Crippen LogP contribution in [0.15, 0.2) is 71.3 Å². The summed E-state index contributed by atoms with van der Waals surface area (Å²) < 4.78 is 0. The summed E-state index contributed by atoms with van der Waals surface area (Å²) in [4.78, 5) is 2.27. The van der Waals surface area contributed by atoms with E-state index in [2.05, 4.69) is 97.7 Å². The molecule has 1 fully saturated rings. The van der Waals surface area contributed by atoms with Crippen molar-refractivity contribution >= 4 is 11.8 Å². The second-order valence-electron chi connectivity index (χ2n) is 9.44. The summed E-state index contributed by atoms with van der Waals surface area (Å²) in [7, 11) is 4.31. The van der Waals surface area contributed by atoms with Crippen LogP contribution in [0.5, 0.6) is 0 Å². The van der Waals surface area contributed by atoms with Gasteiger partial charge in [0.05, 0.1) is 11.8 Å². The van der Waals surface area contributed by atoms with Gasteiger partial charge in [0, 0.05) is 12.5 Å². The van der Waals surface area contributed by atoms with Gasteiger partial charge in [-0.2, -0.15) is 5.10 Å². The zero-order valence-electron chi connectivity index (χ0n) is 19.4. The van der Waals surface area contributed by atoms with Crippen LogP contribution >= 0.6 is 0 Å². The standard InChI is InChI=1S/C28H37N3/c1-4-12-23-20-25(19-22-13-7-5-8-14-22)27-26(21-23)28(24-15-9-6-10-16-24)31(29-27)18-11-17-30(2)3/h5-10,13-16,19,23,26,28H,4,11-12,17-18,20-21H2,1-3H3. The van der Waals surface area contributed by atoms with Gasteiger partial charge in [-0.05, 0) is 68.6 Å². The molecule has 0 saturated heterocycles. The zero-order chi connectivity index (χ0) is 21.6. The average Bonchev–Trinajstić information content (AvgIpc) is 3.13. The minimum Gasteiger partial charge on any atom is -0.309 e. The van der Waals surface area contributed by atoms with Crippen LogP contribution in [0.2, 0.25) is 0 Å². The highest BCUT2D eigenvalue weighted by Crippen LogP contribution is 2.47. The number of rotatable bonds is 8. The Morgan fingerprint density at radius 3 is 2.42 bits per heavy atom. The normalized spacial score (nSPS) is 24.5. The minimum atomic E-state index is 0.359. The van der Waals surface area contributed by atoms with Crippen molar-refractivity contribution in [1.82, 2.24) is 9.91 Å². The molecule has 1 saturated carbocycles. The van der Waals surface area contributed by atoms with Gasteiger partial charge in [-0.1, -0.05) is 80.4 Å². The lowest BCUT2D eigenvalue weighted by atomic mass is 9.71. The first kappa shape index (κ1) is 21.8. The van der Waals surface area contributed by atoms with Gasteiger partial charge >= 0.3 is 0 Å². The fraction of sp³-hybridized carbons (Fsp3) is 0.464. The summed E-state index contributed by atoms with van der Waals surface area (Å²) in [5, 5.41) is 7.71. The predicted molar refractivity (Wildman–Crippen MR) is 132 cm³/mol. The minimum absolute atomic E-state index is 0.359. The first-order valence-corrected chi connectivity index (χ1v) is 12.0. The second kappa shape index (κ2) is 10.3. The van der Waals surface area contributed by atoms with E-state index in [4.69, 9.17) is 5.10 Å². The van der Waals surface area contributed by atoms with E-state index in [1.54, 1.807) is 0 Å². The second-order valence-corrected chi connectivity index (χ2v) is 9.44. The molecule has 3 atom stereocenters. The first-order valence-electron chi connectivity index (χ1n) is 12.0. The van der Waals surface area contributed by atoms with Crippen molar-refractivity contribution in [2.75, 3.05) is 27.2 Å². The van der Waals surface area contributed by atoms with Crippen molar-refractivity contribution < 1.29 is 0 Å². The summed E-state index contributed by atoms with van der Waals surface area (Å²) >= 11 is 0. The Bertz CT molecular complexity index is 885.